The molecule has 1 heterocycles. The molecule has 0 radical (unpaired) electrons. The van der Waals surface area contributed by atoms with E-state index in [1.54, 1.807) is 19.2 Å². The smallest absolute Gasteiger partial charge is 0.326 e. The minimum absolute atomic E-state index is 0.0274. The number of anilines is 2. The highest BCUT2D eigenvalue weighted by atomic mass is 32.1. The van der Waals surface area contributed by atoms with Crippen LogP contribution in [0.1, 0.15) is 59.3 Å². The number of methoxy groups -OCH3 is 1. The molecule has 0 spiro atoms. The maximum absolute atomic E-state index is 13.4. The van der Waals surface area contributed by atoms with Gasteiger partial charge in [-0.05, 0) is 74.9 Å². The van der Waals surface area contributed by atoms with Crippen LogP contribution in [0.3, 0.4) is 0 Å². The standard InChI is InChI=1S/C29H34N4O5S/c1-16-14-17(2)22(18(3)15-16)32-29(37)33-27-24(31-26(39-27)20-10-12-21(38-4)13-11-20)25(34)30-23(28(35)36)19-8-6-5-7-9-19/h10-15,19,23H,5-9H2,1-4H3,(H,30,34)(H,35,36)(H2,32,33,37)/t23-/m0/s1. The van der Waals surface area contributed by atoms with Crippen molar-refractivity contribution in [3.05, 3.63) is 58.8 Å². The second kappa shape index (κ2) is 12.3. The molecule has 0 unspecified atom stereocenters. The fraction of sp³-hybridized carbons (Fsp3) is 0.379. The summed E-state index contributed by atoms with van der Waals surface area (Å²) in [7, 11) is 1.57. The number of nitrogens with zero attached hydrogens (tertiary/aromatic N) is 1. The Morgan fingerprint density at radius 3 is 2.23 bits per heavy atom. The average Bonchev–Trinajstić information content (AvgIpc) is 3.33. The zero-order valence-electron chi connectivity index (χ0n) is 22.6. The van der Waals surface area contributed by atoms with E-state index in [1.807, 2.05) is 45.0 Å². The van der Waals surface area contributed by atoms with Crippen LogP contribution >= 0.6 is 11.3 Å². The molecule has 1 aromatic heterocycles. The molecule has 0 bridgehead atoms. The van der Waals surface area contributed by atoms with Crippen molar-refractivity contribution in [2.75, 3.05) is 17.7 Å². The first kappa shape index (κ1) is 28.1. The fourth-order valence-electron chi connectivity index (χ4n) is 5.10. The summed E-state index contributed by atoms with van der Waals surface area (Å²) in [6, 6.07) is 9.59. The topological polar surface area (TPSA) is 130 Å². The van der Waals surface area contributed by atoms with E-state index in [0.717, 1.165) is 65.7 Å². The number of aliphatic carboxylic acids is 1. The van der Waals surface area contributed by atoms with Gasteiger partial charge in [0.25, 0.3) is 5.91 Å². The van der Waals surface area contributed by atoms with Crippen LogP contribution in [0.25, 0.3) is 10.6 Å². The molecule has 1 aliphatic carbocycles. The van der Waals surface area contributed by atoms with E-state index in [4.69, 9.17) is 4.74 Å². The predicted octanol–water partition coefficient (Wildman–Crippen LogP) is 6.15. The maximum Gasteiger partial charge on any atom is 0.326 e. The Hall–Kier alpha value is -3.92. The highest BCUT2D eigenvalue weighted by Gasteiger charge is 2.32. The molecule has 0 aliphatic heterocycles. The molecular weight excluding hydrogens is 516 g/mol. The van der Waals surface area contributed by atoms with Gasteiger partial charge in [0.05, 0.1) is 7.11 Å². The lowest BCUT2D eigenvalue weighted by Crippen LogP contribution is -2.46. The summed E-state index contributed by atoms with van der Waals surface area (Å²) in [5.74, 6) is -1.18. The third kappa shape index (κ3) is 6.75. The molecule has 1 saturated carbocycles. The van der Waals surface area contributed by atoms with E-state index in [1.165, 1.54) is 0 Å². The summed E-state index contributed by atoms with van der Waals surface area (Å²) in [5.41, 5.74) is 4.32. The lowest BCUT2D eigenvalue weighted by atomic mass is 9.84. The summed E-state index contributed by atoms with van der Waals surface area (Å²) < 4.78 is 5.23. The Morgan fingerprint density at radius 2 is 1.64 bits per heavy atom. The Labute approximate surface area is 232 Å². The van der Waals surface area contributed by atoms with Crippen molar-refractivity contribution in [2.45, 2.75) is 58.9 Å². The van der Waals surface area contributed by atoms with E-state index >= 15 is 0 Å². The minimum Gasteiger partial charge on any atom is -0.497 e. The molecule has 0 saturated heterocycles. The monoisotopic (exact) mass is 550 g/mol. The lowest BCUT2D eigenvalue weighted by molar-refractivity contribution is -0.141. The van der Waals surface area contributed by atoms with Crippen LogP contribution in [0, 0.1) is 26.7 Å². The second-order valence-corrected chi connectivity index (χ2v) is 11.0. The number of rotatable bonds is 8. The first-order valence-electron chi connectivity index (χ1n) is 13.0. The lowest BCUT2D eigenvalue weighted by Gasteiger charge is -2.27. The van der Waals surface area contributed by atoms with Gasteiger partial charge in [0.1, 0.15) is 21.8 Å². The van der Waals surface area contributed by atoms with Gasteiger partial charge in [-0.1, -0.05) is 48.3 Å². The number of carbonyl (C=O) groups is 3. The van der Waals surface area contributed by atoms with Gasteiger partial charge in [-0.25, -0.2) is 14.6 Å². The van der Waals surface area contributed by atoms with E-state index < -0.39 is 23.9 Å². The molecular formula is C29H34N4O5S. The number of carboxylic acid groups (broad SMARTS) is 1. The molecule has 3 aromatic rings. The first-order valence-corrected chi connectivity index (χ1v) is 13.8. The number of urea groups is 1. The number of carbonyl (C=O) groups excluding carboxylic acids is 2. The molecule has 10 heteroatoms. The molecule has 9 nitrogen and oxygen atoms in total. The Morgan fingerprint density at radius 1 is 1.00 bits per heavy atom. The SMILES string of the molecule is COc1ccc(-c2nc(C(=O)N[C@H](C(=O)O)C3CCCCC3)c(NC(=O)Nc3c(C)cc(C)cc3C)s2)cc1. The third-order valence-electron chi connectivity index (χ3n) is 7.00. The van der Waals surface area contributed by atoms with Crippen LogP contribution in [0.4, 0.5) is 15.5 Å². The van der Waals surface area contributed by atoms with Crippen LogP contribution in [0.15, 0.2) is 36.4 Å². The number of aryl methyl sites for hydroxylation is 3. The average molecular weight is 551 g/mol. The van der Waals surface area contributed by atoms with Gasteiger partial charge in [0.15, 0.2) is 5.69 Å². The van der Waals surface area contributed by atoms with Gasteiger partial charge in [-0.15, -0.1) is 0 Å². The van der Waals surface area contributed by atoms with Crippen LogP contribution in [0.5, 0.6) is 5.75 Å². The molecule has 4 rings (SSSR count). The van der Waals surface area contributed by atoms with Crippen LogP contribution < -0.4 is 20.7 Å². The quantitative estimate of drug-likeness (QED) is 0.266. The summed E-state index contributed by atoms with van der Waals surface area (Å²) in [5, 5.41) is 19.0. The van der Waals surface area contributed by atoms with E-state index in [-0.39, 0.29) is 16.6 Å². The van der Waals surface area contributed by atoms with Gasteiger partial charge < -0.3 is 20.5 Å². The molecule has 1 fully saturated rings. The zero-order chi connectivity index (χ0) is 28.1. The maximum atomic E-state index is 13.4. The number of carboxylic acids is 1. The zero-order valence-corrected chi connectivity index (χ0v) is 23.4. The number of hydrogen-bond donors (Lipinski definition) is 4. The molecule has 39 heavy (non-hydrogen) atoms. The van der Waals surface area contributed by atoms with E-state index in [9.17, 15) is 19.5 Å². The van der Waals surface area contributed by atoms with Crippen molar-refractivity contribution in [3.8, 4) is 16.3 Å². The predicted molar refractivity (Wildman–Crippen MR) is 153 cm³/mol. The molecule has 3 amide bonds. The van der Waals surface area contributed by atoms with Gasteiger partial charge in [-0.2, -0.15) is 0 Å². The Kier molecular flexibility index (Phi) is 8.86. The normalized spacial score (nSPS) is 14.4. The number of thiazole rings is 1. The highest BCUT2D eigenvalue weighted by Crippen LogP contribution is 2.34. The number of aromatic nitrogens is 1. The Balaban J connectivity index is 1.63. The van der Waals surface area contributed by atoms with Crippen molar-refractivity contribution < 1.29 is 24.2 Å². The molecule has 1 atom stereocenters. The molecule has 1 aliphatic rings. The van der Waals surface area contributed by atoms with Gasteiger partial charge in [0, 0.05) is 11.3 Å². The van der Waals surface area contributed by atoms with Crippen molar-refractivity contribution in [2.24, 2.45) is 5.92 Å². The van der Waals surface area contributed by atoms with Crippen LogP contribution in [-0.2, 0) is 4.79 Å². The number of hydrogen-bond acceptors (Lipinski definition) is 6. The molecule has 2 aromatic carbocycles. The third-order valence-corrected chi connectivity index (χ3v) is 8.02. The van der Waals surface area contributed by atoms with Gasteiger partial charge in [-0.3, -0.25) is 10.1 Å². The Bertz CT molecular complexity index is 1340. The van der Waals surface area contributed by atoms with E-state index in [0.29, 0.717) is 16.4 Å². The summed E-state index contributed by atoms with van der Waals surface area (Å²) in [6.45, 7) is 5.82. The molecule has 4 N–H and O–H groups in total. The fourth-order valence-corrected chi connectivity index (χ4v) is 6.06. The van der Waals surface area contributed by atoms with E-state index in [2.05, 4.69) is 20.9 Å². The largest absolute Gasteiger partial charge is 0.497 e. The second-order valence-electron chi connectivity index (χ2n) is 9.97. The summed E-state index contributed by atoms with van der Waals surface area (Å²) in [4.78, 5) is 43.1. The number of benzene rings is 2. The van der Waals surface area contributed by atoms with Gasteiger partial charge in [0.2, 0.25) is 0 Å². The van der Waals surface area contributed by atoms with Crippen molar-refractivity contribution in [3.63, 3.8) is 0 Å². The summed E-state index contributed by atoms with van der Waals surface area (Å²) in [6.07, 6.45) is 4.43. The number of nitrogens with one attached hydrogen (secondary N) is 3. The van der Waals surface area contributed by atoms with Crippen molar-refractivity contribution in [1.29, 1.82) is 0 Å². The van der Waals surface area contributed by atoms with Gasteiger partial charge >= 0.3 is 12.0 Å². The number of ether oxygens (including phenoxy) is 1. The van der Waals surface area contributed by atoms with Crippen LogP contribution in [-0.4, -0.2) is 41.1 Å². The first-order chi connectivity index (χ1) is 18.7. The van der Waals surface area contributed by atoms with Crippen molar-refractivity contribution >= 4 is 39.9 Å². The number of amides is 3. The minimum atomic E-state index is -1.07. The van der Waals surface area contributed by atoms with Crippen molar-refractivity contribution in [1.82, 2.24) is 10.3 Å². The molecule has 206 valence electrons. The highest BCUT2D eigenvalue weighted by molar-refractivity contribution is 7.19. The van der Waals surface area contributed by atoms with Crippen LogP contribution in [0.2, 0.25) is 0 Å². The summed E-state index contributed by atoms with van der Waals surface area (Å²) >= 11 is 1.14.